The standard InChI is InChI=1S/C18H22N2O5/c1-9(2)12-5-11(6-13(10(3)4)16(12)23)7-14-17(24)20(8-15(21)22)18(25)19-14/h5-7,9-10,23H,8H2,1-4H3,(H,19,25)(H,21,22)/b14-7+. The molecule has 2 rings (SSSR count). The number of phenolic OH excluding ortho intramolecular Hbond substituents is 1. The first kappa shape index (κ1) is 18.5. The molecule has 1 aromatic carbocycles. The number of benzene rings is 1. The fourth-order valence-corrected chi connectivity index (χ4v) is 2.68. The van der Waals surface area contributed by atoms with Crippen LogP contribution in [0.3, 0.4) is 0 Å². The first-order valence-corrected chi connectivity index (χ1v) is 8.05. The van der Waals surface area contributed by atoms with Crippen molar-refractivity contribution in [3.63, 3.8) is 0 Å². The Morgan fingerprint density at radius 1 is 1.16 bits per heavy atom. The van der Waals surface area contributed by atoms with Gasteiger partial charge in [0.2, 0.25) is 0 Å². The van der Waals surface area contributed by atoms with Crippen LogP contribution in [0.1, 0.15) is 56.2 Å². The minimum Gasteiger partial charge on any atom is -0.507 e. The van der Waals surface area contributed by atoms with Crippen molar-refractivity contribution in [2.24, 2.45) is 0 Å². The normalized spacial score (nSPS) is 16.2. The number of rotatable bonds is 5. The molecule has 1 saturated heterocycles. The number of carboxylic acids is 1. The van der Waals surface area contributed by atoms with E-state index in [1.807, 2.05) is 27.7 Å². The van der Waals surface area contributed by atoms with Gasteiger partial charge in [0.05, 0.1) is 0 Å². The number of aromatic hydroxyl groups is 1. The monoisotopic (exact) mass is 346 g/mol. The fraction of sp³-hybridized carbons (Fsp3) is 0.389. The highest BCUT2D eigenvalue weighted by molar-refractivity contribution is 6.15. The Morgan fingerprint density at radius 3 is 2.12 bits per heavy atom. The van der Waals surface area contributed by atoms with Crippen molar-refractivity contribution in [1.29, 1.82) is 0 Å². The molecule has 0 unspecified atom stereocenters. The minimum absolute atomic E-state index is 0.0151. The summed E-state index contributed by atoms with van der Waals surface area (Å²) in [7, 11) is 0. The molecule has 1 aliphatic rings. The molecule has 1 aromatic rings. The fourth-order valence-electron chi connectivity index (χ4n) is 2.68. The van der Waals surface area contributed by atoms with Crippen molar-refractivity contribution in [1.82, 2.24) is 10.2 Å². The molecule has 0 radical (unpaired) electrons. The predicted molar refractivity (Wildman–Crippen MR) is 92.1 cm³/mol. The number of urea groups is 1. The van der Waals surface area contributed by atoms with Gasteiger partial charge in [0.25, 0.3) is 5.91 Å². The Labute approximate surface area is 145 Å². The maximum atomic E-state index is 12.2. The third-order valence-corrected chi connectivity index (χ3v) is 4.00. The zero-order chi connectivity index (χ0) is 18.9. The number of nitrogens with one attached hydrogen (secondary N) is 1. The van der Waals surface area contributed by atoms with Gasteiger partial charge in [-0.05, 0) is 46.7 Å². The summed E-state index contributed by atoms with van der Waals surface area (Å²) in [5.74, 6) is -1.56. The Morgan fingerprint density at radius 2 is 1.68 bits per heavy atom. The molecule has 3 N–H and O–H groups in total. The van der Waals surface area contributed by atoms with Crippen LogP contribution in [0.25, 0.3) is 6.08 Å². The maximum Gasteiger partial charge on any atom is 0.329 e. The number of imide groups is 1. The van der Waals surface area contributed by atoms with Crippen molar-refractivity contribution in [3.8, 4) is 5.75 Å². The van der Waals surface area contributed by atoms with Crippen LogP contribution in [-0.2, 0) is 9.59 Å². The van der Waals surface area contributed by atoms with E-state index in [-0.39, 0.29) is 23.3 Å². The van der Waals surface area contributed by atoms with Crippen LogP contribution in [0.15, 0.2) is 17.8 Å². The van der Waals surface area contributed by atoms with Crippen LogP contribution >= 0.6 is 0 Å². The molecule has 1 aliphatic heterocycles. The van der Waals surface area contributed by atoms with Crippen molar-refractivity contribution < 1.29 is 24.6 Å². The minimum atomic E-state index is -1.27. The molecular weight excluding hydrogens is 324 g/mol. The van der Waals surface area contributed by atoms with E-state index in [2.05, 4.69) is 5.32 Å². The maximum absolute atomic E-state index is 12.2. The molecule has 1 fully saturated rings. The summed E-state index contributed by atoms with van der Waals surface area (Å²) in [5.41, 5.74) is 2.17. The van der Waals surface area contributed by atoms with Gasteiger partial charge in [0.1, 0.15) is 18.0 Å². The van der Waals surface area contributed by atoms with Gasteiger partial charge in [-0.2, -0.15) is 0 Å². The summed E-state index contributed by atoms with van der Waals surface area (Å²) in [6.07, 6.45) is 1.50. The Kier molecular flexibility index (Phi) is 5.15. The summed E-state index contributed by atoms with van der Waals surface area (Å²) in [5, 5.41) is 21.6. The highest BCUT2D eigenvalue weighted by Crippen LogP contribution is 2.35. The number of aliphatic carboxylic acids is 1. The van der Waals surface area contributed by atoms with Gasteiger partial charge in [-0.15, -0.1) is 0 Å². The molecule has 0 atom stereocenters. The molecule has 3 amide bonds. The van der Waals surface area contributed by atoms with Gasteiger partial charge in [-0.1, -0.05) is 27.7 Å². The van der Waals surface area contributed by atoms with Crippen molar-refractivity contribution in [2.75, 3.05) is 6.54 Å². The van der Waals surface area contributed by atoms with Gasteiger partial charge >= 0.3 is 12.0 Å². The largest absolute Gasteiger partial charge is 0.507 e. The lowest BCUT2D eigenvalue weighted by Crippen LogP contribution is -2.35. The van der Waals surface area contributed by atoms with Crippen LogP contribution in [-0.4, -0.2) is 39.6 Å². The van der Waals surface area contributed by atoms with E-state index in [0.717, 1.165) is 11.1 Å². The SMILES string of the molecule is CC(C)c1cc(/C=C2/NC(=O)N(CC(=O)O)C2=O)cc(C(C)C)c1O. The van der Waals surface area contributed by atoms with Gasteiger partial charge in [0, 0.05) is 0 Å². The summed E-state index contributed by atoms with van der Waals surface area (Å²) >= 11 is 0. The van der Waals surface area contributed by atoms with Gasteiger partial charge in [-0.3, -0.25) is 9.59 Å². The number of carbonyl (C=O) groups is 3. The third-order valence-electron chi connectivity index (χ3n) is 4.00. The molecule has 0 aromatic heterocycles. The lowest BCUT2D eigenvalue weighted by Gasteiger charge is -2.16. The lowest BCUT2D eigenvalue weighted by atomic mass is 9.91. The molecule has 7 nitrogen and oxygen atoms in total. The van der Waals surface area contributed by atoms with Crippen LogP contribution in [0.2, 0.25) is 0 Å². The van der Waals surface area contributed by atoms with Crippen LogP contribution in [0, 0.1) is 0 Å². The summed E-state index contributed by atoms with van der Waals surface area (Å²) in [4.78, 5) is 35.4. The quantitative estimate of drug-likeness (QED) is 0.561. The molecule has 25 heavy (non-hydrogen) atoms. The van der Waals surface area contributed by atoms with Crippen LogP contribution in [0.5, 0.6) is 5.75 Å². The van der Waals surface area contributed by atoms with Crippen LogP contribution in [0.4, 0.5) is 4.79 Å². The average molecular weight is 346 g/mol. The zero-order valence-corrected chi connectivity index (χ0v) is 14.7. The van der Waals surface area contributed by atoms with E-state index in [1.165, 1.54) is 6.08 Å². The number of phenols is 1. The second kappa shape index (κ2) is 6.96. The van der Waals surface area contributed by atoms with E-state index in [0.29, 0.717) is 10.5 Å². The first-order valence-electron chi connectivity index (χ1n) is 8.05. The van der Waals surface area contributed by atoms with E-state index in [1.54, 1.807) is 12.1 Å². The van der Waals surface area contributed by atoms with E-state index < -0.39 is 24.5 Å². The highest BCUT2D eigenvalue weighted by Gasteiger charge is 2.34. The molecule has 134 valence electrons. The Bertz CT molecular complexity index is 736. The Balaban J connectivity index is 2.46. The average Bonchev–Trinajstić information content (AvgIpc) is 2.75. The van der Waals surface area contributed by atoms with Gasteiger partial charge in [0.15, 0.2) is 0 Å². The predicted octanol–water partition coefficient (Wildman–Crippen LogP) is 2.62. The van der Waals surface area contributed by atoms with Crippen molar-refractivity contribution in [3.05, 3.63) is 34.5 Å². The number of hydrogen-bond acceptors (Lipinski definition) is 4. The Hall–Kier alpha value is -2.83. The molecule has 0 spiro atoms. The smallest absolute Gasteiger partial charge is 0.329 e. The van der Waals surface area contributed by atoms with Gasteiger partial charge < -0.3 is 15.5 Å². The summed E-state index contributed by atoms with van der Waals surface area (Å²) < 4.78 is 0. The number of hydrogen-bond donors (Lipinski definition) is 3. The zero-order valence-electron chi connectivity index (χ0n) is 14.7. The second-order valence-corrected chi connectivity index (χ2v) is 6.63. The number of carbonyl (C=O) groups excluding carboxylic acids is 2. The number of carboxylic acid groups (broad SMARTS) is 1. The van der Waals surface area contributed by atoms with Crippen LogP contribution < -0.4 is 5.32 Å². The van der Waals surface area contributed by atoms with E-state index in [9.17, 15) is 19.5 Å². The van der Waals surface area contributed by atoms with E-state index >= 15 is 0 Å². The summed E-state index contributed by atoms with van der Waals surface area (Å²) in [6.45, 7) is 7.12. The number of amides is 3. The third kappa shape index (κ3) is 3.81. The topological polar surface area (TPSA) is 107 Å². The molecular formula is C18H22N2O5. The number of nitrogens with zero attached hydrogens (tertiary/aromatic N) is 1. The lowest BCUT2D eigenvalue weighted by molar-refractivity contribution is -0.140. The summed E-state index contributed by atoms with van der Waals surface area (Å²) in [6, 6.07) is 2.77. The first-order chi connectivity index (χ1) is 11.6. The molecule has 0 aliphatic carbocycles. The molecule has 0 bridgehead atoms. The molecule has 0 saturated carbocycles. The van der Waals surface area contributed by atoms with Crippen molar-refractivity contribution in [2.45, 2.75) is 39.5 Å². The van der Waals surface area contributed by atoms with Gasteiger partial charge in [-0.25, -0.2) is 9.69 Å². The highest BCUT2D eigenvalue weighted by atomic mass is 16.4. The van der Waals surface area contributed by atoms with E-state index in [4.69, 9.17) is 5.11 Å². The second-order valence-electron chi connectivity index (χ2n) is 6.63. The van der Waals surface area contributed by atoms with Crippen molar-refractivity contribution >= 4 is 24.0 Å². The molecule has 1 heterocycles. The molecule has 7 heteroatoms.